The fourth-order valence-electron chi connectivity index (χ4n) is 2.00. The smallest absolute Gasteiger partial charge is 0.338 e. The van der Waals surface area contributed by atoms with Gasteiger partial charge in [-0.05, 0) is 37.3 Å². The van der Waals surface area contributed by atoms with Gasteiger partial charge in [0.25, 0.3) is 0 Å². The molecule has 1 saturated heterocycles. The summed E-state index contributed by atoms with van der Waals surface area (Å²) in [6, 6.07) is 5.70. The largest absolute Gasteiger partial charge is 0.460 e. The lowest BCUT2D eigenvalue weighted by atomic mass is 10.1. The highest BCUT2D eigenvalue weighted by molar-refractivity contribution is 7.98. The lowest BCUT2D eigenvalue weighted by Crippen LogP contribution is -2.30. The fraction of sp³-hybridized carbons (Fsp3) is 0.429. The van der Waals surface area contributed by atoms with E-state index >= 15 is 0 Å². The van der Waals surface area contributed by atoms with Gasteiger partial charge in [-0.15, -0.1) is 11.8 Å². The average molecular weight is 279 g/mol. The number of carbonyl (C=O) groups excluding carboxylic acids is 2. The molecule has 0 spiro atoms. The van der Waals surface area contributed by atoms with Gasteiger partial charge in [-0.2, -0.15) is 0 Å². The molecular formula is C14H17NO3S. The number of benzene rings is 1. The highest BCUT2D eigenvalue weighted by atomic mass is 32.2. The van der Waals surface area contributed by atoms with Gasteiger partial charge >= 0.3 is 5.97 Å². The van der Waals surface area contributed by atoms with Crippen LogP contribution < -0.4 is 5.32 Å². The third-order valence-electron chi connectivity index (χ3n) is 3.17. The van der Waals surface area contributed by atoms with Gasteiger partial charge < -0.3 is 10.1 Å². The van der Waals surface area contributed by atoms with Crippen molar-refractivity contribution in [3.8, 4) is 0 Å². The van der Waals surface area contributed by atoms with Crippen molar-refractivity contribution in [1.29, 1.82) is 0 Å². The summed E-state index contributed by atoms with van der Waals surface area (Å²) in [6.07, 6.45) is 3.22. The number of ether oxygens (including phenoxy) is 1. The standard InChI is InChI=1S/C14H17NO3S/c1-9-3-5-11(19-2)7-12(9)14(17)18-8-10-4-6-13(16)15-10/h3,5,7,10H,4,6,8H2,1-2H3,(H,15,16). The molecule has 0 bridgehead atoms. The van der Waals surface area contributed by atoms with Crippen molar-refractivity contribution in [3.05, 3.63) is 29.3 Å². The number of esters is 1. The minimum absolute atomic E-state index is 0.0293. The second-order valence-corrected chi connectivity index (χ2v) is 5.46. The van der Waals surface area contributed by atoms with Gasteiger partial charge in [-0.1, -0.05) is 6.07 Å². The molecule has 1 aromatic carbocycles. The van der Waals surface area contributed by atoms with Crippen LogP contribution in [0.1, 0.15) is 28.8 Å². The van der Waals surface area contributed by atoms with Crippen LogP contribution in [0.4, 0.5) is 0 Å². The summed E-state index contributed by atoms with van der Waals surface area (Å²) in [6.45, 7) is 2.13. The lowest BCUT2D eigenvalue weighted by Gasteiger charge is -2.12. The first-order valence-corrected chi connectivity index (χ1v) is 7.43. The van der Waals surface area contributed by atoms with Crippen LogP contribution in [0, 0.1) is 6.92 Å². The van der Waals surface area contributed by atoms with Gasteiger partial charge in [0.15, 0.2) is 0 Å². The number of hydrogen-bond acceptors (Lipinski definition) is 4. The van der Waals surface area contributed by atoms with Gasteiger partial charge in [-0.3, -0.25) is 4.79 Å². The second-order valence-electron chi connectivity index (χ2n) is 4.58. The van der Waals surface area contributed by atoms with Crippen LogP contribution in [0.2, 0.25) is 0 Å². The number of aryl methyl sites for hydroxylation is 1. The van der Waals surface area contributed by atoms with E-state index in [1.807, 2.05) is 31.4 Å². The molecule has 1 fully saturated rings. The van der Waals surface area contributed by atoms with E-state index in [4.69, 9.17) is 4.74 Å². The molecule has 0 aliphatic carbocycles. The van der Waals surface area contributed by atoms with E-state index in [0.717, 1.165) is 16.9 Å². The van der Waals surface area contributed by atoms with E-state index in [2.05, 4.69) is 5.32 Å². The first-order chi connectivity index (χ1) is 9.10. The van der Waals surface area contributed by atoms with Crippen LogP contribution in [0.5, 0.6) is 0 Å². The van der Waals surface area contributed by atoms with E-state index in [9.17, 15) is 9.59 Å². The van der Waals surface area contributed by atoms with Crippen molar-refractivity contribution < 1.29 is 14.3 Å². The number of hydrogen-bond donors (Lipinski definition) is 1. The summed E-state index contributed by atoms with van der Waals surface area (Å²) >= 11 is 1.59. The highest BCUT2D eigenvalue weighted by Crippen LogP contribution is 2.20. The summed E-state index contributed by atoms with van der Waals surface area (Å²) < 4.78 is 5.28. The maximum absolute atomic E-state index is 12.0. The number of carbonyl (C=O) groups is 2. The summed E-state index contributed by atoms with van der Waals surface area (Å²) in [5.74, 6) is -0.295. The molecule has 1 atom stereocenters. The zero-order valence-electron chi connectivity index (χ0n) is 11.1. The van der Waals surface area contributed by atoms with Gasteiger partial charge in [0.1, 0.15) is 6.61 Å². The molecule has 1 unspecified atom stereocenters. The van der Waals surface area contributed by atoms with Crippen LogP contribution in [-0.2, 0) is 9.53 Å². The van der Waals surface area contributed by atoms with Gasteiger partial charge in [0.2, 0.25) is 5.91 Å². The molecular weight excluding hydrogens is 262 g/mol. The van der Waals surface area contributed by atoms with Crippen LogP contribution in [0.25, 0.3) is 0 Å². The van der Waals surface area contributed by atoms with Crippen LogP contribution in [0.15, 0.2) is 23.1 Å². The molecule has 1 aromatic rings. The molecule has 102 valence electrons. The van der Waals surface area contributed by atoms with Crippen molar-refractivity contribution in [2.75, 3.05) is 12.9 Å². The monoisotopic (exact) mass is 279 g/mol. The molecule has 0 aromatic heterocycles. The Morgan fingerprint density at radius 3 is 2.95 bits per heavy atom. The first kappa shape index (κ1) is 13.9. The minimum atomic E-state index is -0.324. The Morgan fingerprint density at radius 1 is 1.53 bits per heavy atom. The molecule has 1 heterocycles. The minimum Gasteiger partial charge on any atom is -0.460 e. The maximum Gasteiger partial charge on any atom is 0.338 e. The van der Waals surface area contributed by atoms with Gasteiger partial charge in [0, 0.05) is 11.3 Å². The zero-order valence-corrected chi connectivity index (χ0v) is 11.9. The topological polar surface area (TPSA) is 55.4 Å². The number of amides is 1. The quantitative estimate of drug-likeness (QED) is 0.678. The zero-order chi connectivity index (χ0) is 13.8. The molecule has 1 amide bonds. The summed E-state index contributed by atoms with van der Waals surface area (Å²) in [7, 11) is 0. The third kappa shape index (κ3) is 3.50. The lowest BCUT2D eigenvalue weighted by molar-refractivity contribution is -0.119. The van der Waals surface area contributed by atoms with E-state index < -0.39 is 0 Å². The Hall–Kier alpha value is -1.49. The summed E-state index contributed by atoms with van der Waals surface area (Å²) in [5, 5.41) is 2.78. The molecule has 4 nitrogen and oxygen atoms in total. The second kappa shape index (κ2) is 6.10. The SMILES string of the molecule is CSc1ccc(C)c(C(=O)OCC2CCC(=O)N2)c1. The third-order valence-corrected chi connectivity index (χ3v) is 3.89. The molecule has 0 saturated carbocycles. The van der Waals surface area contributed by atoms with Crippen molar-refractivity contribution >= 4 is 23.6 Å². The summed E-state index contributed by atoms with van der Waals surface area (Å²) in [5.41, 5.74) is 1.49. The van der Waals surface area contributed by atoms with E-state index in [1.54, 1.807) is 11.8 Å². The van der Waals surface area contributed by atoms with Crippen molar-refractivity contribution in [1.82, 2.24) is 5.32 Å². The molecule has 5 heteroatoms. The van der Waals surface area contributed by atoms with Gasteiger partial charge in [0.05, 0.1) is 11.6 Å². The Labute approximate surface area is 116 Å². The van der Waals surface area contributed by atoms with Crippen LogP contribution in [-0.4, -0.2) is 30.8 Å². The maximum atomic E-state index is 12.0. The predicted molar refractivity (Wildman–Crippen MR) is 74.4 cm³/mol. The molecule has 2 rings (SSSR count). The normalized spacial score (nSPS) is 18.2. The Morgan fingerprint density at radius 2 is 2.32 bits per heavy atom. The Balaban J connectivity index is 1.97. The van der Waals surface area contributed by atoms with Crippen molar-refractivity contribution in [2.45, 2.75) is 30.7 Å². The molecule has 0 radical (unpaired) electrons. The van der Waals surface area contributed by atoms with Crippen LogP contribution in [0.3, 0.4) is 0 Å². The molecule has 1 aliphatic heterocycles. The molecule has 19 heavy (non-hydrogen) atoms. The summed E-state index contributed by atoms with van der Waals surface area (Å²) in [4.78, 5) is 24.1. The van der Waals surface area contributed by atoms with Crippen molar-refractivity contribution in [3.63, 3.8) is 0 Å². The van der Waals surface area contributed by atoms with E-state index in [1.165, 1.54) is 0 Å². The number of rotatable bonds is 4. The average Bonchev–Trinajstić information content (AvgIpc) is 2.82. The fourth-order valence-corrected chi connectivity index (χ4v) is 2.44. The number of thioether (sulfide) groups is 1. The van der Waals surface area contributed by atoms with E-state index in [0.29, 0.717) is 12.0 Å². The number of nitrogens with one attached hydrogen (secondary N) is 1. The highest BCUT2D eigenvalue weighted by Gasteiger charge is 2.22. The van der Waals surface area contributed by atoms with Crippen molar-refractivity contribution in [2.24, 2.45) is 0 Å². The van der Waals surface area contributed by atoms with Crippen LogP contribution >= 0.6 is 11.8 Å². The predicted octanol–water partition coefficient (Wildman–Crippen LogP) is 2.15. The van der Waals surface area contributed by atoms with E-state index in [-0.39, 0.29) is 24.5 Å². The molecule has 1 N–H and O–H groups in total. The Bertz CT molecular complexity index is 501. The molecule has 1 aliphatic rings. The Kier molecular flexibility index (Phi) is 4.47. The van der Waals surface area contributed by atoms with Gasteiger partial charge in [-0.25, -0.2) is 4.79 Å². The first-order valence-electron chi connectivity index (χ1n) is 6.21.